The lowest BCUT2D eigenvalue weighted by atomic mass is 10.2. The van der Waals surface area contributed by atoms with E-state index >= 15 is 0 Å². The molecule has 0 fully saturated rings. The third-order valence-corrected chi connectivity index (χ3v) is 4.44. The van der Waals surface area contributed by atoms with Gasteiger partial charge in [-0.25, -0.2) is 5.43 Å². The quantitative estimate of drug-likeness (QED) is 0.395. The predicted octanol–water partition coefficient (Wildman–Crippen LogP) is 2.60. The van der Waals surface area contributed by atoms with Crippen LogP contribution in [0.2, 0.25) is 0 Å². The molecule has 0 radical (unpaired) electrons. The number of carbonyl (C=O) groups is 1. The molecule has 26 heavy (non-hydrogen) atoms. The monoisotopic (exact) mass is 366 g/mol. The molecule has 7 nitrogen and oxygen atoms in total. The van der Waals surface area contributed by atoms with Gasteiger partial charge in [0.2, 0.25) is 0 Å². The Hall–Kier alpha value is -3.00. The maximum absolute atomic E-state index is 12.0. The van der Waals surface area contributed by atoms with Crippen molar-refractivity contribution in [3.63, 3.8) is 0 Å². The van der Waals surface area contributed by atoms with Crippen LogP contribution in [0.15, 0.2) is 65.0 Å². The maximum atomic E-state index is 12.0. The minimum Gasteiger partial charge on any atom is -0.302 e. The molecule has 0 unspecified atom stereocenters. The largest absolute Gasteiger partial charge is 0.302 e. The lowest BCUT2D eigenvalue weighted by Gasteiger charge is -2.06. The zero-order valence-corrected chi connectivity index (χ0v) is 15.1. The Morgan fingerprint density at radius 3 is 2.73 bits per heavy atom. The molecule has 0 spiro atoms. The average Bonchev–Trinajstić information content (AvgIpc) is 3.11. The lowest BCUT2D eigenvalue weighted by molar-refractivity contribution is -0.118. The van der Waals surface area contributed by atoms with E-state index < -0.39 is 0 Å². The molecular formula is C18H18N6OS. The van der Waals surface area contributed by atoms with Crippen LogP contribution in [-0.4, -0.2) is 37.6 Å². The third-order valence-electron chi connectivity index (χ3n) is 3.47. The summed E-state index contributed by atoms with van der Waals surface area (Å²) >= 11 is 1.33. The van der Waals surface area contributed by atoms with Crippen LogP contribution in [0.5, 0.6) is 0 Å². The molecule has 0 saturated carbocycles. The van der Waals surface area contributed by atoms with Crippen molar-refractivity contribution < 1.29 is 4.79 Å². The van der Waals surface area contributed by atoms with E-state index in [2.05, 4.69) is 25.7 Å². The van der Waals surface area contributed by atoms with Crippen LogP contribution in [0.25, 0.3) is 11.4 Å². The Labute approximate surface area is 155 Å². The Morgan fingerprint density at radius 2 is 2.00 bits per heavy atom. The molecule has 0 aliphatic carbocycles. The SMILES string of the molecule is CCn1c(SCC(=O)N/N=C/c2ccccn2)nnc1-c1ccccc1. The molecule has 3 aromatic rings. The molecule has 0 aliphatic heterocycles. The van der Waals surface area contributed by atoms with E-state index in [1.54, 1.807) is 12.3 Å². The summed E-state index contributed by atoms with van der Waals surface area (Å²) in [4.78, 5) is 16.1. The van der Waals surface area contributed by atoms with Crippen molar-refractivity contribution in [2.45, 2.75) is 18.6 Å². The van der Waals surface area contributed by atoms with Gasteiger partial charge in [-0.2, -0.15) is 5.10 Å². The fourth-order valence-corrected chi connectivity index (χ4v) is 3.06. The molecule has 0 atom stereocenters. The number of nitrogens with zero attached hydrogens (tertiary/aromatic N) is 5. The van der Waals surface area contributed by atoms with Gasteiger partial charge in [-0.1, -0.05) is 48.2 Å². The number of carbonyl (C=O) groups excluding carboxylic acids is 1. The minimum absolute atomic E-state index is 0.201. The van der Waals surface area contributed by atoms with E-state index in [4.69, 9.17) is 0 Å². The van der Waals surface area contributed by atoms with Crippen molar-refractivity contribution in [3.05, 3.63) is 60.4 Å². The van der Waals surface area contributed by atoms with Crippen LogP contribution < -0.4 is 5.43 Å². The van der Waals surface area contributed by atoms with Gasteiger partial charge in [0, 0.05) is 18.3 Å². The molecule has 132 valence electrons. The number of benzene rings is 1. The second-order valence-electron chi connectivity index (χ2n) is 5.25. The second kappa shape index (κ2) is 8.91. The number of amides is 1. The molecule has 0 aliphatic rings. The van der Waals surface area contributed by atoms with Gasteiger partial charge >= 0.3 is 0 Å². The number of rotatable bonds is 7. The Kier molecular flexibility index (Phi) is 6.10. The summed E-state index contributed by atoms with van der Waals surface area (Å²) in [5.74, 6) is 0.783. The highest BCUT2D eigenvalue weighted by atomic mass is 32.2. The Bertz CT molecular complexity index is 879. The molecule has 1 N–H and O–H groups in total. The number of hydrazone groups is 1. The summed E-state index contributed by atoms with van der Waals surface area (Å²) in [6.07, 6.45) is 3.17. The minimum atomic E-state index is -0.214. The van der Waals surface area contributed by atoms with Crippen molar-refractivity contribution in [1.29, 1.82) is 0 Å². The second-order valence-corrected chi connectivity index (χ2v) is 6.20. The van der Waals surface area contributed by atoms with E-state index in [0.29, 0.717) is 10.9 Å². The molecule has 0 saturated heterocycles. The molecule has 3 rings (SSSR count). The summed E-state index contributed by atoms with van der Waals surface area (Å²) in [6, 6.07) is 15.3. The molecule has 2 heterocycles. The van der Waals surface area contributed by atoms with E-state index in [9.17, 15) is 4.79 Å². The first kappa shape index (κ1) is 17.8. The van der Waals surface area contributed by atoms with Gasteiger partial charge in [0.1, 0.15) is 0 Å². The third kappa shape index (κ3) is 4.54. The number of hydrogen-bond donors (Lipinski definition) is 1. The Morgan fingerprint density at radius 1 is 1.19 bits per heavy atom. The highest BCUT2D eigenvalue weighted by molar-refractivity contribution is 7.99. The van der Waals surface area contributed by atoms with Crippen LogP contribution in [0.1, 0.15) is 12.6 Å². The first-order chi connectivity index (χ1) is 12.8. The highest BCUT2D eigenvalue weighted by Crippen LogP contribution is 2.23. The van der Waals surface area contributed by atoms with Crippen molar-refractivity contribution in [3.8, 4) is 11.4 Å². The first-order valence-corrected chi connectivity index (χ1v) is 9.11. The van der Waals surface area contributed by atoms with Gasteiger partial charge < -0.3 is 4.57 Å². The van der Waals surface area contributed by atoms with Crippen molar-refractivity contribution in [2.24, 2.45) is 5.10 Å². The van der Waals surface area contributed by atoms with Crippen molar-refractivity contribution in [2.75, 3.05) is 5.75 Å². The van der Waals surface area contributed by atoms with Crippen LogP contribution in [0, 0.1) is 0 Å². The normalized spacial score (nSPS) is 11.0. The topological polar surface area (TPSA) is 85.1 Å². The van der Waals surface area contributed by atoms with Gasteiger partial charge in [-0.05, 0) is 19.1 Å². The van der Waals surface area contributed by atoms with Crippen LogP contribution in [0.3, 0.4) is 0 Å². The van der Waals surface area contributed by atoms with E-state index in [-0.39, 0.29) is 11.7 Å². The molecule has 2 aromatic heterocycles. The lowest BCUT2D eigenvalue weighted by Crippen LogP contribution is -2.20. The van der Waals surface area contributed by atoms with Gasteiger partial charge in [-0.3, -0.25) is 9.78 Å². The van der Waals surface area contributed by atoms with Gasteiger partial charge in [0.15, 0.2) is 11.0 Å². The van der Waals surface area contributed by atoms with E-state index in [0.717, 1.165) is 17.9 Å². The van der Waals surface area contributed by atoms with Gasteiger partial charge in [-0.15, -0.1) is 10.2 Å². The fraction of sp³-hybridized carbons (Fsp3) is 0.167. The number of hydrogen-bond acceptors (Lipinski definition) is 6. The summed E-state index contributed by atoms with van der Waals surface area (Å²) < 4.78 is 1.99. The fourth-order valence-electron chi connectivity index (χ4n) is 2.27. The standard InChI is InChI=1S/C18H18N6OS/c1-2-24-17(14-8-4-3-5-9-14)22-23-18(24)26-13-16(25)21-20-12-15-10-6-7-11-19-15/h3-12H,2,13H2,1H3,(H,21,25)/b20-12+. The summed E-state index contributed by atoms with van der Waals surface area (Å²) in [6.45, 7) is 2.75. The molecule has 0 bridgehead atoms. The number of aromatic nitrogens is 4. The first-order valence-electron chi connectivity index (χ1n) is 8.12. The van der Waals surface area contributed by atoms with Gasteiger partial charge in [0.25, 0.3) is 5.91 Å². The zero-order chi connectivity index (χ0) is 18.2. The van der Waals surface area contributed by atoms with Crippen LogP contribution >= 0.6 is 11.8 Å². The molecule has 8 heteroatoms. The highest BCUT2D eigenvalue weighted by Gasteiger charge is 2.14. The van der Waals surface area contributed by atoms with Crippen molar-refractivity contribution in [1.82, 2.24) is 25.2 Å². The van der Waals surface area contributed by atoms with Crippen LogP contribution in [0.4, 0.5) is 0 Å². The molecule has 1 aromatic carbocycles. The summed E-state index contributed by atoms with van der Waals surface area (Å²) in [5, 5.41) is 13.1. The molecular weight excluding hydrogens is 348 g/mol. The summed E-state index contributed by atoms with van der Waals surface area (Å²) in [5.41, 5.74) is 4.17. The summed E-state index contributed by atoms with van der Waals surface area (Å²) in [7, 11) is 0. The van der Waals surface area contributed by atoms with E-state index in [1.807, 2.05) is 54.0 Å². The van der Waals surface area contributed by atoms with E-state index in [1.165, 1.54) is 18.0 Å². The average molecular weight is 366 g/mol. The number of nitrogens with one attached hydrogen (secondary N) is 1. The van der Waals surface area contributed by atoms with Crippen LogP contribution in [-0.2, 0) is 11.3 Å². The zero-order valence-electron chi connectivity index (χ0n) is 14.2. The van der Waals surface area contributed by atoms with Crippen molar-refractivity contribution >= 4 is 23.9 Å². The Balaban J connectivity index is 1.58. The number of thioether (sulfide) groups is 1. The number of pyridine rings is 1. The predicted molar refractivity (Wildman–Crippen MR) is 102 cm³/mol. The smallest absolute Gasteiger partial charge is 0.250 e. The maximum Gasteiger partial charge on any atom is 0.250 e. The van der Waals surface area contributed by atoms with Gasteiger partial charge in [0.05, 0.1) is 17.7 Å². The molecule has 1 amide bonds.